The van der Waals surface area contributed by atoms with Gasteiger partial charge in [-0.15, -0.1) is 0 Å². The lowest BCUT2D eigenvalue weighted by Gasteiger charge is -2.13. The molecule has 0 aliphatic carbocycles. The first-order valence-corrected chi connectivity index (χ1v) is 4.88. The molecular formula is C12H18O2. The van der Waals surface area contributed by atoms with E-state index in [1.165, 1.54) is 11.1 Å². The highest BCUT2D eigenvalue weighted by Crippen LogP contribution is 2.11. The Balaban J connectivity index is 2.49. The number of aryl methyl sites for hydroxylation is 2. The van der Waals surface area contributed by atoms with Crippen molar-refractivity contribution in [2.24, 2.45) is 0 Å². The van der Waals surface area contributed by atoms with Crippen molar-refractivity contribution in [2.75, 3.05) is 14.2 Å². The van der Waals surface area contributed by atoms with Crippen LogP contribution in [0.15, 0.2) is 24.3 Å². The number of hydrogen-bond acceptors (Lipinski definition) is 2. The molecule has 0 amide bonds. The third kappa shape index (κ3) is 3.13. The second-order valence-electron chi connectivity index (χ2n) is 3.37. The van der Waals surface area contributed by atoms with E-state index in [4.69, 9.17) is 9.47 Å². The fourth-order valence-corrected chi connectivity index (χ4v) is 1.50. The van der Waals surface area contributed by atoms with Crippen LogP contribution in [0, 0.1) is 6.92 Å². The summed E-state index contributed by atoms with van der Waals surface area (Å²) in [7, 11) is 3.35. The lowest BCUT2D eigenvalue weighted by Crippen LogP contribution is -2.13. The van der Waals surface area contributed by atoms with Gasteiger partial charge in [-0.1, -0.05) is 24.3 Å². The van der Waals surface area contributed by atoms with Crippen LogP contribution in [0.2, 0.25) is 0 Å². The molecule has 0 aliphatic heterocycles. The number of rotatable bonds is 5. The van der Waals surface area contributed by atoms with Gasteiger partial charge < -0.3 is 9.47 Å². The molecule has 1 aromatic rings. The zero-order valence-electron chi connectivity index (χ0n) is 9.12. The Bertz CT molecular complexity index is 267. The molecule has 0 N–H and O–H groups in total. The molecule has 0 heterocycles. The van der Waals surface area contributed by atoms with Crippen molar-refractivity contribution in [2.45, 2.75) is 26.1 Å². The van der Waals surface area contributed by atoms with Crippen LogP contribution in [-0.2, 0) is 15.9 Å². The predicted molar refractivity (Wildman–Crippen MR) is 57.3 cm³/mol. The molecule has 0 atom stereocenters. The highest BCUT2D eigenvalue weighted by molar-refractivity contribution is 5.25. The van der Waals surface area contributed by atoms with E-state index in [2.05, 4.69) is 31.2 Å². The summed E-state index contributed by atoms with van der Waals surface area (Å²) in [5, 5.41) is 0. The van der Waals surface area contributed by atoms with E-state index in [1.54, 1.807) is 14.2 Å². The molecule has 14 heavy (non-hydrogen) atoms. The first-order chi connectivity index (χ1) is 6.77. The van der Waals surface area contributed by atoms with Gasteiger partial charge in [0.05, 0.1) is 0 Å². The Labute approximate surface area is 85.8 Å². The first-order valence-electron chi connectivity index (χ1n) is 4.88. The van der Waals surface area contributed by atoms with Crippen molar-refractivity contribution in [1.82, 2.24) is 0 Å². The largest absolute Gasteiger partial charge is 0.356 e. The van der Waals surface area contributed by atoms with Gasteiger partial charge in [-0.3, -0.25) is 0 Å². The van der Waals surface area contributed by atoms with Gasteiger partial charge in [0.1, 0.15) is 0 Å². The second kappa shape index (κ2) is 5.78. The molecule has 0 aromatic heterocycles. The molecule has 0 saturated carbocycles. The average Bonchev–Trinajstić information content (AvgIpc) is 2.22. The van der Waals surface area contributed by atoms with Gasteiger partial charge in [-0.25, -0.2) is 0 Å². The van der Waals surface area contributed by atoms with Crippen molar-refractivity contribution < 1.29 is 9.47 Å². The monoisotopic (exact) mass is 194 g/mol. The van der Waals surface area contributed by atoms with Crippen LogP contribution >= 0.6 is 0 Å². The SMILES string of the molecule is COC(CCc1ccccc1C)OC. The topological polar surface area (TPSA) is 18.5 Å². The number of ether oxygens (including phenoxy) is 2. The minimum Gasteiger partial charge on any atom is -0.356 e. The third-order valence-electron chi connectivity index (χ3n) is 2.44. The standard InChI is InChI=1S/C12H18O2/c1-10-6-4-5-7-11(10)8-9-12(13-2)14-3/h4-7,12H,8-9H2,1-3H3. The second-order valence-corrected chi connectivity index (χ2v) is 3.37. The molecule has 0 fully saturated rings. The Kier molecular flexibility index (Phi) is 4.63. The molecule has 0 radical (unpaired) electrons. The fraction of sp³-hybridized carbons (Fsp3) is 0.500. The summed E-state index contributed by atoms with van der Waals surface area (Å²) < 4.78 is 10.3. The third-order valence-corrected chi connectivity index (χ3v) is 2.44. The molecule has 2 heteroatoms. The van der Waals surface area contributed by atoms with Crippen molar-refractivity contribution in [3.63, 3.8) is 0 Å². The normalized spacial score (nSPS) is 10.9. The summed E-state index contributed by atoms with van der Waals surface area (Å²) in [5.74, 6) is 0. The summed E-state index contributed by atoms with van der Waals surface area (Å²) in [6, 6.07) is 8.40. The zero-order chi connectivity index (χ0) is 10.4. The van der Waals surface area contributed by atoms with Crippen molar-refractivity contribution >= 4 is 0 Å². The highest BCUT2D eigenvalue weighted by Gasteiger charge is 2.05. The lowest BCUT2D eigenvalue weighted by molar-refractivity contribution is -0.105. The number of benzene rings is 1. The van der Waals surface area contributed by atoms with E-state index in [1.807, 2.05) is 0 Å². The van der Waals surface area contributed by atoms with Crippen LogP contribution in [0.1, 0.15) is 17.5 Å². The van der Waals surface area contributed by atoms with Gasteiger partial charge in [0.25, 0.3) is 0 Å². The quantitative estimate of drug-likeness (QED) is 0.671. The van der Waals surface area contributed by atoms with Crippen LogP contribution in [0.25, 0.3) is 0 Å². The maximum absolute atomic E-state index is 5.14. The maximum Gasteiger partial charge on any atom is 0.157 e. The molecule has 0 bridgehead atoms. The Morgan fingerprint density at radius 3 is 2.36 bits per heavy atom. The van der Waals surface area contributed by atoms with Crippen LogP contribution in [0.4, 0.5) is 0 Å². The average molecular weight is 194 g/mol. The van der Waals surface area contributed by atoms with Gasteiger partial charge in [0.2, 0.25) is 0 Å². The van der Waals surface area contributed by atoms with E-state index >= 15 is 0 Å². The molecule has 0 aliphatic rings. The van der Waals surface area contributed by atoms with Crippen LogP contribution in [-0.4, -0.2) is 20.5 Å². The molecule has 1 aromatic carbocycles. The first kappa shape index (κ1) is 11.2. The minimum atomic E-state index is -0.0883. The molecule has 0 saturated heterocycles. The summed E-state index contributed by atoms with van der Waals surface area (Å²) in [6.07, 6.45) is 1.81. The van der Waals surface area contributed by atoms with Crippen LogP contribution in [0.3, 0.4) is 0 Å². The van der Waals surface area contributed by atoms with Gasteiger partial charge >= 0.3 is 0 Å². The minimum absolute atomic E-state index is 0.0883. The maximum atomic E-state index is 5.14. The van der Waals surface area contributed by atoms with Gasteiger partial charge in [0.15, 0.2) is 6.29 Å². The Hall–Kier alpha value is -0.860. The van der Waals surface area contributed by atoms with Gasteiger partial charge in [-0.05, 0) is 24.5 Å². The number of hydrogen-bond donors (Lipinski definition) is 0. The smallest absolute Gasteiger partial charge is 0.157 e. The van der Waals surface area contributed by atoms with Crippen molar-refractivity contribution in [3.8, 4) is 0 Å². The molecular weight excluding hydrogens is 176 g/mol. The van der Waals surface area contributed by atoms with E-state index in [-0.39, 0.29) is 6.29 Å². The molecule has 0 unspecified atom stereocenters. The predicted octanol–water partition coefficient (Wildman–Crippen LogP) is 2.55. The van der Waals surface area contributed by atoms with Gasteiger partial charge in [-0.2, -0.15) is 0 Å². The van der Waals surface area contributed by atoms with Crippen molar-refractivity contribution in [1.29, 1.82) is 0 Å². The fourth-order valence-electron chi connectivity index (χ4n) is 1.50. The Morgan fingerprint density at radius 1 is 1.14 bits per heavy atom. The summed E-state index contributed by atoms with van der Waals surface area (Å²) >= 11 is 0. The molecule has 2 nitrogen and oxygen atoms in total. The zero-order valence-corrected chi connectivity index (χ0v) is 9.12. The van der Waals surface area contributed by atoms with Crippen LogP contribution < -0.4 is 0 Å². The number of methoxy groups -OCH3 is 2. The highest BCUT2D eigenvalue weighted by atomic mass is 16.7. The lowest BCUT2D eigenvalue weighted by atomic mass is 10.0. The van der Waals surface area contributed by atoms with E-state index < -0.39 is 0 Å². The van der Waals surface area contributed by atoms with E-state index in [9.17, 15) is 0 Å². The van der Waals surface area contributed by atoms with Gasteiger partial charge in [0, 0.05) is 20.6 Å². The van der Waals surface area contributed by atoms with E-state index in [0.29, 0.717) is 0 Å². The van der Waals surface area contributed by atoms with Crippen LogP contribution in [0.5, 0.6) is 0 Å². The van der Waals surface area contributed by atoms with E-state index in [0.717, 1.165) is 12.8 Å². The summed E-state index contributed by atoms with van der Waals surface area (Å²) in [5.41, 5.74) is 2.70. The molecule has 1 rings (SSSR count). The summed E-state index contributed by atoms with van der Waals surface area (Å²) in [6.45, 7) is 2.13. The molecule has 0 spiro atoms. The molecule has 78 valence electrons. The van der Waals surface area contributed by atoms with Crippen molar-refractivity contribution in [3.05, 3.63) is 35.4 Å². The summed E-state index contributed by atoms with van der Waals surface area (Å²) in [4.78, 5) is 0. The Morgan fingerprint density at radius 2 is 1.79 bits per heavy atom.